The average Bonchev–Trinajstić information content (AvgIpc) is 2.56. The topological polar surface area (TPSA) is 68.9 Å². The maximum Gasteiger partial charge on any atom is 0.382 e. The molecule has 0 aliphatic heterocycles. The highest BCUT2D eigenvalue weighted by Gasteiger charge is 2.16. The summed E-state index contributed by atoms with van der Waals surface area (Å²) in [6.45, 7) is 0.235. The molecule has 0 fully saturated rings. The molecular formula is C17H14O5. The van der Waals surface area contributed by atoms with Gasteiger partial charge in [0.2, 0.25) is 5.75 Å². The van der Waals surface area contributed by atoms with Crippen molar-refractivity contribution >= 4 is 11.0 Å². The van der Waals surface area contributed by atoms with Gasteiger partial charge in [0, 0.05) is 6.07 Å². The number of rotatable bonds is 4. The Balaban J connectivity index is 2.03. The molecule has 5 heteroatoms. The largest absolute Gasteiger partial charge is 0.499 e. The minimum absolute atomic E-state index is 0.109. The van der Waals surface area contributed by atoms with E-state index in [0.717, 1.165) is 5.56 Å². The Hall–Kier alpha value is -2.95. The molecule has 2 aromatic carbocycles. The van der Waals surface area contributed by atoms with Crippen molar-refractivity contribution in [2.24, 2.45) is 0 Å². The van der Waals surface area contributed by atoms with E-state index in [1.807, 2.05) is 30.3 Å². The van der Waals surface area contributed by atoms with E-state index in [1.54, 1.807) is 18.2 Å². The van der Waals surface area contributed by atoms with E-state index < -0.39 is 11.4 Å². The third kappa shape index (κ3) is 2.61. The van der Waals surface area contributed by atoms with Crippen LogP contribution >= 0.6 is 0 Å². The Bertz CT molecular complexity index is 852. The fourth-order valence-electron chi connectivity index (χ4n) is 2.15. The normalized spacial score (nSPS) is 10.6. The van der Waals surface area contributed by atoms with Crippen LogP contribution in [-0.2, 0) is 6.61 Å². The summed E-state index contributed by atoms with van der Waals surface area (Å²) >= 11 is 0. The second-order valence-electron chi connectivity index (χ2n) is 4.70. The van der Waals surface area contributed by atoms with Gasteiger partial charge in [-0.2, -0.15) is 0 Å². The van der Waals surface area contributed by atoms with Crippen LogP contribution in [0, 0.1) is 0 Å². The first-order valence-electron chi connectivity index (χ1n) is 6.69. The molecule has 3 aromatic rings. The molecule has 5 nitrogen and oxygen atoms in total. The molecule has 0 saturated carbocycles. The van der Waals surface area contributed by atoms with E-state index in [4.69, 9.17) is 13.9 Å². The molecule has 0 amide bonds. The van der Waals surface area contributed by atoms with Crippen molar-refractivity contribution in [3.8, 4) is 17.2 Å². The van der Waals surface area contributed by atoms with Gasteiger partial charge in [0.15, 0.2) is 5.75 Å². The molecule has 112 valence electrons. The Labute approximate surface area is 126 Å². The van der Waals surface area contributed by atoms with Gasteiger partial charge >= 0.3 is 5.63 Å². The summed E-state index contributed by atoms with van der Waals surface area (Å²) in [5.41, 5.74) is 0.380. The van der Waals surface area contributed by atoms with Gasteiger partial charge in [0.1, 0.15) is 17.9 Å². The van der Waals surface area contributed by atoms with Crippen molar-refractivity contribution in [2.45, 2.75) is 6.61 Å². The summed E-state index contributed by atoms with van der Waals surface area (Å²) in [5.74, 6) is 0.127. The predicted octanol–water partition coefficient (Wildman–Crippen LogP) is 3.09. The Morgan fingerprint density at radius 3 is 2.64 bits per heavy atom. The van der Waals surface area contributed by atoms with Crippen LogP contribution in [0.1, 0.15) is 5.56 Å². The predicted molar refractivity (Wildman–Crippen MR) is 81.5 cm³/mol. The van der Waals surface area contributed by atoms with Gasteiger partial charge in [0.05, 0.1) is 12.5 Å². The number of hydrogen-bond acceptors (Lipinski definition) is 5. The van der Waals surface area contributed by atoms with Crippen molar-refractivity contribution in [1.29, 1.82) is 0 Å². The monoisotopic (exact) mass is 298 g/mol. The molecule has 0 saturated heterocycles. The van der Waals surface area contributed by atoms with Crippen LogP contribution in [-0.4, -0.2) is 12.2 Å². The summed E-state index contributed by atoms with van der Waals surface area (Å²) in [5, 5.41) is 10.4. The van der Waals surface area contributed by atoms with Gasteiger partial charge in [-0.25, -0.2) is 4.79 Å². The van der Waals surface area contributed by atoms with Gasteiger partial charge < -0.3 is 19.0 Å². The first-order valence-corrected chi connectivity index (χ1v) is 6.69. The fraction of sp³-hybridized carbons (Fsp3) is 0.118. The molecule has 1 N–H and O–H groups in total. The summed E-state index contributed by atoms with van der Waals surface area (Å²) in [4.78, 5) is 11.7. The standard InChI is InChI=1S/C17H14O5/c1-20-12-7-8-13-14(9-12)22-17(19)15(18)16(13)21-10-11-5-3-2-4-6-11/h2-9,18H,10H2,1H3. The molecule has 0 aliphatic carbocycles. The molecule has 0 unspecified atom stereocenters. The van der Waals surface area contributed by atoms with Gasteiger partial charge in [-0.05, 0) is 17.7 Å². The lowest BCUT2D eigenvalue weighted by molar-refractivity contribution is 0.285. The Morgan fingerprint density at radius 2 is 1.91 bits per heavy atom. The van der Waals surface area contributed by atoms with E-state index in [1.165, 1.54) is 7.11 Å². The maximum absolute atomic E-state index is 11.7. The van der Waals surface area contributed by atoms with Gasteiger partial charge in [-0.3, -0.25) is 0 Å². The lowest BCUT2D eigenvalue weighted by atomic mass is 10.2. The minimum Gasteiger partial charge on any atom is -0.499 e. The van der Waals surface area contributed by atoms with Crippen LogP contribution in [0.25, 0.3) is 11.0 Å². The zero-order valence-electron chi connectivity index (χ0n) is 11.9. The highest BCUT2D eigenvalue weighted by atomic mass is 16.5. The van der Waals surface area contributed by atoms with E-state index in [0.29, 0.717) is 16.7 Å². The van der Waals surface area contributed by atoms with Crippen LogP contribution in [0.2, 0.25) is 0 Å². The number of hydrogen-bond donors (Lipinski definition) is 1. The van der Waals surface area contributed by atoms with Crippen molar-refractivity contribution in [2.75, 3.05) is 7.11 Å². The molecule has 22 heavy (non-hydrogen) atoms. The van der Waals surface area contributed by atoms with Crippen molar-refractivity contribution in [1.82, 2.24) is 0 Å². The second kappa shape index (κ2) is 5.81. The second-order valence-corrected chi connectivity index (χ2v) is 4.70. The molecule has 0 aliphatic rings. The van der Waals surface area contributed by atoms with Gasteiger partial charge in [-0.15, -0.1) is 0 Å². The van der Waals surface area contributed by atoms with Gasteiger partial charge in [0.25, 0.3) is 0 Å². The highest BCUT2D eigenvalue weighted by molar-refractivity contribution is 5.86. The molecular weight excluding hydrogens is 284 g/mol. The third-order valence-electron chi connectivity index (χ3n) is 3.27. The lowest BCUT2D eigenvalue weighted by Crippen LogP contribution is -2.04. The number of fused-ring (bicyclic) bond motifs is 1. The summed E-state index contributed by atoms with van der Waals surface area (Å²) in [7, 11) is 1.52. The van der Waals surface area contributed by atoms with Crippen molar-refractivity contribution in [3.63, 3.8) is 0 Å². The molecule has 3 rings (SSSR count). The van der Waals surface area contributed by atoms with E-state index in [2.05, 4.69) is 0 Å². The number of methoxy groups -OCH3 is 1. The van der Waals surface area contributed by atoms with Crippen LogP contribution in [0.15, 0.2) is 57.7 Å². The SMILES string of the molecule is COc1ccc2c(OCc3ccccc3)c(O)c(=O)oc2c1. The molecule has 0 radical (unpaired) electrons. The van der Waals surface area contributed by atoms with E-state index in [9.17, 15) is 9.90 Å². The lowest BCUT2D eigenvalue weighted by Gasteiger charge is -2.10. The average molecular weight is 298 g/mol. The van der Waals surface area contributed by atoms with Crippen molar-refractivity contribution in [3.05, 3.63) is 64.5 Å². The Kier molecular flexibility index (Phi) is 3.70. The molecule has 1 heterocycles. The summed E-state index contributed by atoms with van der Waals surface area (Å²) in [6.07, 6.45) is 0. The molecule has 0 atom stereocenters. The van der Waals surface area contributed by atoms with Crippen LogP contribution < -0.4 is 15.1 Å². The summed E-state index contributed by atoms with van der Waals surface area (Å²) in [6, 6.07) is 14.4. The van der Waals surface area contributed by atoms with Crippen LogP contribution in [0.4, 0.5) is 0 Å². The van der Waals surface area contributed by atoms with Crippen LogP contribution in [0.5, 0.6) is 17.2 Å². The third-order valence-corrected chi connectivity index (χ3v) is 3.27. The van der Waals surface area contributed by atoms with Gasteiger partial charge in [-0.1, -0.05) is 30.3 Å². The first kappa shape index (κ1) is 14.0. The Morgan fingerprint density at radius 1 is 1.14 bits per heavy atom. The number of ether oxygens (including phenoxy) is 2. The smallest absolute Gasteiger partial charge is 0.382 e. The summed E-state index contributed by atoms with van der Waals surface area (Å²) < 4.78 is 15.8. The first-order chi connectivity index (χ1) is 10.7. The molecule has 0 spiro atoms. The minimum atomic E-state index is -0.844. The quantitative estimate of drug-likeness (QED) is 0.750. The molecule has 0 bridgehead atoms. The number of benzene rings is 2. The van der Waals surface area contributed by atoms with Crippen molar-refractivity contribution < 1.29 is 19.0 Å². The molecule has 1 aromatic heterocycles. The van der Waals surface area contributed by atoms with E-state index in [-0.39, 0.29) is 12.4 Å². The zero-order chi connectivity index (χ0) is 15.5. The number of aromatic hydroxyl groups is 1. The maximum atomic E-state index is 11.7. The van der Waals surface area contributed by atoms with Crippen LogP contribution in [0.3, 0.4) is 0 Å². The van der Waals surface area contributed by atoms with E-state index >= 15 is 0 Å². The highest BCUT2D eigenvalue weighted by Crippen LogP contribution is 2.34. The zero-order valence-corrected chi connectivity index (χ0v) is 11.9. The fourth-order valence-corrected chi connectivity index (χ4v) is 2.15.